The number of amides is 2. The Morgan fingerprint density at radius 2 is 1.74 bits per heavy atom. The van der Waals surface area contributed by atoms with Gasteiger partial charge in [-0.25, -0.2) is 0 Å². The molecule has 124 valence electrons. The Morgan fingerprint density at radius 1 is 1.09 bits per heavy atom. The van der Waals surface area contributed by atoms with Gasteiger partial charge >= 0.3 is 5.97 Å². The van der Waals surface area contributed by atoms with Gasteiger partial charge in [-0.1, -0.05) is 0 Å². The molecule has 2 amide bonds. The Morgan fingerprint density at radius 3 is 2.35 bits per heavy atom. The Bertz CT molecular complexity index is 564. The third-order valence-electron chi connectivity index (χ3n) is 3.51. The second-order valence-electron chi connectivity index (χ2n) is 5.28. The van der Waals surface area contributed by atoms with Crippen LogP contribution >= 0.6 is 0 Å². The Kier molecular flexibility index (Phi) is 6.10. The van der Waals surface area contributed by atoms with E-state index < -0.39 is 5.97 Å². The lowest BCUT2D eigenvalue weighted by molar-refractivity contribution is -0.137. The van der Waals surface area contributed by atoms with Crippen LogP contribution in [-0.2, 0) is 14.3 Å². The van der Waals surface area contributed by atoms with Gasteiger partial charge in [-0.05, 0) is 30.7 Å². The zero-order chi connectivity index (χ0) is 16.7. The van der Waals surface area contributed by atoms with Crippen LogP contribution in [0.15, 0.2) is 24.3 Å². The maximum Gasteiger partial charge on any atom is 0.303 e. The van der Waals surface area contributed by atoms with Crippen LogP contribution in [0, 0.1) is 0 Å². The van der Waals surface area contributed by atoms with Crippen molar-refractivity contribution in [2.45, 2.75) is 19.3 Å². The van der Waals surface area contributed by atoms with E-state index in [9.17, 15) is 14.4 Å². The Hall–Kier alpha value is -2.41. The molecule has 1 aromatic rings. The molecule has 7 heteroatoms. The number of carboxylic acid groups (broad SMARTS) is 1. The number of nitrogens with one attached hydrogen (secondary N) is 1. The topological polar surface area (TPSA) is 95.9 Å². The summed E-state index contributed by atoms with van der Waals surface area (Å²) in [6, 6.07) is 6.68. The summed E-state index contributed by atoms with van der Waals surface area (Å²) in [6.45, 7) is 2.27. The zero-order valence-electron chi connectivity index (χ0n) is 12.8. The first kappa shape index (κ1) is 17.0. The van der Waals surface area contributed by atoms with Gasteiger partial charge in [-0.2, -0.15) is 0 Å². The molecule has 0 atom stereocenters. The molecule has 1 saturated heterocycles. The molecule has 0 aliphatic carbocycles. The molecule has 23 heavy (non-hydrogen) atoms. The molecule has 1 fully saturated rings. The van der Waals surface area contributed by atoms with Crippen LogP contribution in [0.1, 0.15) is 29.6 Å². The number of morpholine rings is 1. The summed E-state index contributed by atoms with van der Waals surface area (Å²) >= 11 is 0. The number of ether oxygens (including phenoxy) is 1. The number of carbonyl (C=O) groups is 3. The number of aliphatic carboxylic acids is 1. The highest BCUT2D eigenvalue weighted by molar-refractivity contribution is 5.96. The van der Waals surface area contributed by atoms with Crippen molar-refractivity contribution in [1.82, 2.24) is 4.90 Å². The molecule has 1 aliphatic heterocycles. The van der Waals surface area contributed by atoms with Crippen molar-refractivity contribution in [3.8, 4) is 0 Å². The first-order valence-corrected chi connectivity index (χ1v) is 7.55. The molecule has 0 saturated carbocycles. The number of anilines is 1. The molecule has 1 aromatic carbocycles. The van der Waals surface area contributed by atoms with Gasteiger partial charge in [0.2, 0.25) is 5.91 Å². The van der Waals surface area contributed by atoms with E-state index in [-0.39, 0.29) is 24.7 Å². The number of carbonyl (C=O) groups excluding carboxylic acids is 2. The summed E-state index contributed by atoms with van der Waals surface area (Å²) in [5.41, 5.74) is 1.15. The predicted octanol–water partition coefficient (Wildman–Crippen LogP) is 1.35. The number of carboxylic acids is 1. The smallest absolute Gasteiger partial charge is 0.303 e. The second-order valence-corrected chi connectivity index (χ2v) is 5.28. The van der Waals surface area contributed by atoms with Crippen molar-refractivity contribution in [2.75, 3.05) is 31.6 Å². The lowest BCUT2D eigenvalue weighted by atomic mass is 10.1. The van der Waals surface area contributed by atoms with Crippen molar-refractivity contribution in [2.24, 2.45) is 0 Å². The van der Waals surface area contributed by atoms with Crippen LogP contribution in [0.5, 0.6) is 0 Å². The average molecular weight is 320 g/mol. The first-order valence-electron chi connectivity index (χ1n) is 7.55. The van der Waals surface area contributed by atoms with Gasteiger partial charge in [0.1, 0.15) is 0 Å². The van der Waals surface area contributed by atoms with Crippen LogP contribution in [0.25, 0.3) is 0 Å². The number of hydrogen-bond acceptors (Lipinski definition) is 4. The summed E-state index contributed by atoms with van der Waals surface area (Å²) in [6.07, 6.45) is 0.427. The largest absolute Gasteiger partial charge is 0.481 e. The molecule has 2 rings (SSSR count). The Balaban J connectivity index is 1.85. The summed E-state index contributed by atoms with van der Waals surface area (Å²) in [5.74, 6) is -1.20. The Labute approximate surface area is 134 Å². The van der Waals surface area contributed by atoms with Gasteiger partial charge in [0, 0.05) is 37.2 Å². The van der Waals surface area contributed by atoms with E-state index in [2.05, 4.69) is 5.32 Å². The summed E-state index contributed by atoms with van der Waals surface area (Å²) in [4.78, 5) is 36.1. The molecule has 0 aromatic heterocycles. The maximum atomic E-state index is 12.3. The van der Waals surface area contributed by atoms with E-state index in [1.807, 2.05) is 0 Å². The highest BCUT2D eigenvalue weighted by Gasteiger charge is 2.18. The van der Waals surface area contributed by atoms with E-state index in [4.69, 9.17) is 9.84 Å². The fourth-order valence-corrected chi connectivity index (χ4v) is 2.27. The molecule has 2 N–H and O–H groups in total. The van der Waals surface area contributed by atoms with Gasteiger partial charge in [-0.3, -0.25) is 14.4 Å². The molecule has 0 spiro atoms. The third-order valence-corrected chi connectivity index (χ3v) is 3.51. The van der Waals surface area contributed by atoms with Gasteiger partial charge in [0.25, 0.3) is 5.91 Å². The van der Waals surface area contributed by atoms with Crippen molar-refractivity contribution in [3.05, 3.63) is 29.8 Å². The number of hydrogen-bond donors (Lipinski definition) is 2. The third kappa shape index (κ3) is 5.37. The van der Waals surface area contributed by atoms with E-state index >= 15 is 0 Å². The van der Waals surface area contributed by atoms with Gasteiger partial charge < -0.3 is 20.1 Å². The highest BCUT2D eigenvalue weighted by atomic mass is 16.5. The van der Waals surface area contributed by atoms with E-state index in [0.717, 1.165) is 0 Å². The first-order chi connectivity index (χ1) is 11.1. The summed E-state index contributed by atoms with van der Waals surface area (Å²) in [7, 11) is 0. The van der Waals surface area contributed by atoms with Crippen molar-refractivity contribution in [3.63, 3.8) is 0 Å². The maximum absolute atomic E-state index is 12.3. The van der Waals surface area contributed by atoms with E-state index in [0.29, 0.717) is 44.0 Å². The second kappa shape index (κ2) is 8.28. The van der Waals surface area contributed by atoms with Crippen LogP contribution in [0.2, 0.25) is 0 Å². The monoisotopic (exact) mass is 320 g/mol. The SMILES string of the molecule is O=C(O)CCCC(=O)Nc1ccc(C(=O)N2CCOCC2)cc1. The molecule has 7 nitrogen and oxygen atoms in total. The quantitative estimate of drug-likeness (QED) is 0.825. The summed E-state index contributed by atoms with van der Waals surface area (Å²) < 4.78 is 5.22. The van der Waals surface area contributed by atoms with Crippen LogP contribution in [0.4, 0.5) is 5.69 Å². The number of rotatable bonds is 6. The summed E-state index contributed by atoms with van der Waals surface area (Å²) in [5, 5.41) is 11.2. The molecular formula is C16H20N2O5. The minimum atomic E-state index is -0.913. The number of nitrogens with zero attached hydrogens (tertiary/aromatic N) is 1. The molecule has 1 aliphatic rings. The standard InChI is InChI=1S/C16H20N2O5/c19-14(2-1-3-15(20)21)17-13-6-4-12(5-7-13)16(22)18-8-10-23-11-9-18/h4-7H,1-3,8-11H2,(H,17,19)(H,20,21). The van der Waals surface area contributed by atoms with Crippen LogP contribution < -0.4 is 5.32 Å². The molecule has 1 heterocycles. The van der Waals surface area contributed by atoms with Crippen molar-refractivity contribution < 1.29 is 24.2 Å². The molecular weight excluding hydrogens is 300 g/mol. The zero-order valence-corrected chi connectivity index (χ0v) is 12.8. The van der Waals surface area contributed by atoms with E-state index in [1.165, 1.54) is 0 Å². The molecule has 0 bridgehead atoms. The average Bonchev–Trinajstić information content (AvgIpc) is 2.55. The van der Waals surface area contributed by atoms with Crippen LogP contribution in [-0.4, -0.2) is 54.1 Å². The fraction of sp³-hybridized carbons (Fsp3) is 0.438. The van der Waals surface area contributed by atoms with Gasteiger partial charge in [0.05, 0.1) is 13.2 Å². The minimum Gasteiger partial charge on any atom is -0.481 e. The molecule has 0 unspecified atom stereocenters. The minimum absolute atomic E-state index is 0.0274. The lowest BCUT2D eigenvalue weighted by Crippen LogP contribution is -2.40. The highest BCUT2D eigenvalue weighted by Crippen LogP contribution is 2.13. The van der Waals surface area contributed by atoms with Crippen molar-refractivity contribution in [1.29, 1.82) is 0 Å². The van der Waals surface area contributed by atoms with Gasteiger partial charge in [0.15, 0.2) is 0 Å². The normalized spacial score (nSPS) is 14.3. The predicted molar refractivity (Wildman–Crippen MR) is 83.3 cm³/mol. The van der Waals surface area contributed by atoms with Gasteiger partial charge in [-0.15, -0.1) is 0 Å². The van der Waals surface area contributed by atoms with Crippen LogP contribution in [0.3, 0.4) is 0 Å². The molecule has 0 radical (unpaired) electrons. The van der Waals surface area contributed by atoms with E-state index in [1.54, 1.807) is 29.2 Å². The number of benzene rings is 1. The fourth-order valence-electron chi connectivity index (χ4n) is 2.27. The lowest BCUT2D eigenvalue weighted by Gasteiger charge is -2.26. The van der Waals surface area contributed by atoms with Crippen molar-refractivity contribution >= 4 is 23.5 Å².